The van der Waals surface area contributed by atoms with E-state index in [0.717, 1.165) is 0 Å². The zero-order valence-corrected chi connectivity index (χ0v) is 19.3. The predicted octanol–water partition coefficient (Wildman–Crippen LogP) is 3.19. The Hall–Kier alpha value is -3.29. The van der Waals surface area contributed by atoms with Crippen LogP contribution in [-0.4, -0.2) is 33.7 Å². The van der Waals surface area contributed by atoms with E-state index in [-0.39, 0.29) is 22.7 Å². The summed E-state index contributed by atoms with van der Waals surface area (Å²) in [5.74, 6) is 0.572. The van der Waals surface area contributed by atoms with Crippen molar-refractivity contribution in [3.8, 4) is 11.5 Å². The highest BCUT2D eigenvalue weighted by Gasteiger charge is 2.72. The number of hydrogen-bond donors (Lipinski definition) is 3. The largest absolute Gasteiger partial charge is 0.497 e. The number of hydrogen-bond acceptors (Lipinski definition) is 6. The van der Waals surface area contributed by atoms with Gasteiger partial charge in [0.15, 0.2) is 11.2 Å². The monoisotopic (exact) mass is 467 g/mol. The number of methoxy groups -OCH3 is 1. The highest BCUT2D eigenvalue weighted by Crippen LogP contribution is 2.64. The Bertz CT molecular complexity index is 1260. The van der Waals surface area contributed by atoms with Gasteiger partial charge < -0.3 is 25.3 Å². The Kier molecular flexibility index (Phi) is 5.72. The van der Waals surface area contributed by atoms with Crippen molar-refractivity contribution in [1.29, 1.82) is 0 Å². The molecule has 1 aromatic heterocycles. The SMILES string of the molecule is C=CCc1nc2c(c(=O)[nH]1)[C@@H](CCl)[C@]1(C(=C)/C=C\C(N)=C/C)Oc3ccc(OC)cc3[C@]21O. The first-order valence-corrected chi connectivity index (χ1v) is 11.0. The number of fused-ring (bicyclic) bond motifs is 5. The zero-order valence-electron chi connectivity index (χ0n) is 18.5. The standard InChI is InChI=1S/C25H26ClN3O4/c1-5-7-20-28-22-21(23(30)29-20)18(13-26)25(14(3)8-9-15(27)6-2)24(22,31)17-12-16(32-4)10-11-19(17)33-25/h5-6,8-12,18,31H,1,3,7,13,27H2,2,4H3,(H,28,29,30)/b9-8-,15-6+/t18-,24+,25+/m1/s1. The van der Waals surface area contributed by atoms with Crippen molar-refractivity contribution in [3.05, 3.63) is 99.9 Å². The number of aromatic nitrogens is 2. The van der Waals surface area contributed by atoms with Crippen molar-refractivity contribution in [3.63, 3.8) is 0 Å². The summed E-state index contributed by atoms with van der Waals surface area (Å²) < 4.78 is 11.9. The van der Waals surface area contributed by atoms with Crippen LogP contribution in [0.25, 0.3) is 0 Å². The Morgan fingerprint density at radius 3 is 2.85 bits per heavy atom. The molecule has 33 heavy (non-hydrogen) atoms. The molecule has 2 heterocycles. The van der Waals surface area contributed by atoms with Crippen LogP contribution in [0.3, 0.4) is 0 Å². The third-order valence-corrected chi connectivity index (χ3v) is 6.66. The first kappa shape index (κ1) is 22.9. The molecule has 1 aliphatic heterocycles. The number of halogens is 1. The number of alkyl halides is 1. The molecule has 4 N–H and O–H groups in total. The number of benzene rings is 1. The van der Waals surface area contributed by atoms with Gasteiger partial charge in [0, 0.05) is 23.6 Å². The topological polar surface area (TPSA) is 110 Å². The lowest BCUT2D eigenvalue weighted by Crippen LogP contribution is -2.53. The maximum absolute atomic E-state index is 13.2. The molecule has 2 aliphatic rings. The van der Waals surface area contributed by atoms with E-state index in [1.54, 1.807) is 42.5 Å². The first-order valence-electron chi connectivity index (χ1n) is 10.5. The molecule has 4 rings (SSSR count). The maximum Gasteiger partial charge on any atom is 0.254 e. The number of aromatic amines is 1. The molecule has 0 bridgehead atoms. The number of nitrogens with two attached hydrogens (primary N) is 1. The van der Waals surface area contributed by atoms with Crippen molar-refractivity contribution in [2.24, 2.45) is 5.73 Å². The zero-order chi connectivity index (χ0) is 24.0. The van der Waals surface area contributed by atoms with E-state index in [0.29, 0.717) is 40.6 Å². The van der Waals surface area contributed by atoms with E-state index in [4.69, 9.17) is 26.8 Å². The van der Waals surface area contributed by atoms with Gasteiger partial charge in [-0.15, -0.1) is 18.2 Å². The molecule has 1 aliphatic carbocycles. The third-order valence-electron chi connectivity index (χ3n) is 6.35. The molecule has 0 amide bonds. The fraction of sp³-hybridized carbons (Fsp3) is 0.280. The molecule has 172 valence electrons. The minimum absolute atomic E-state index is 0.0159. The van der Waals surface area contributed by atoms with Crippen molar-refractivity contribution in [2.45, 2.75) is 30.5 Å². The van der Waals surface area contributed by atoms with Gasteiger partial charge >= 0.3 is 0 Å². The van der Waals surface area contributed by atoms with Crippen LogP contribution in [-0.2, 0) is 12.0 Å². The van der Waals surface area contributed by atoms with Gasteiger partial charge in [0.2, 0.25) is 0 Å². The molecule has 2 aromatic rings. The van der Waals surface area contributed by atoms with Crippen LogP contribution in [0, 0.1) is 0 Å². The number of allylic oxidation sites excluding steroid dienone is 3. The smallest absolute Gasteiger partial charge is 0.254 e. The molecule has 1 aromatic carbocycles. The van der Waals surface area contributed by atoms with E-state index in [1.165, 1.54) is 7.11 Å². The van der Waals surface area contributed by atoms with Gasteiger partial charge in [0.25, 0.3) is 5.56 Å². The van der Waals surface area contributed by atoms with Crippen LogP contribution >= 0.6 is 11.6 Å². The summed E-state index contributed by atoms with van der Waals surface area (Å²) in [6.45, 7) is 9.74. The number of H-pyrrole nitrogens is 1. The van der Waals surface area contributed by atoms with Crippen LogP contribution in [0.1, 0.15) is 35.5 Å². The number of nitrogens with zero attached hydrogens (tertiary/aromatic N) is 1. The Labute approximate surface area is 196 Å². The molecule has 3 atom stereocenters. The lowest BCUT2D eigenvalue weighted by atomic mass is 9.72. The molecule has 7 nitrogen and oxygen atoms in total. The van der Waals surface area contributed by atoms with Crippen molar-refractivity contribution in [2.75, 3.05) is 13.0 Å². The second-order valence-electron chi connectivity index (χ2n) is 8.03. The predicted molar refractivity (Wildman–Crippen MR) is 128 cm³/mol. The summed E-state index contributed by atoms with van der Waals surface area (Å²) in [5.41, 5.74) is 4.00. The van der Waals surface area contributed by atoms with Gasteiger partial charge in [-0.1, -0.05) is 24.8 Å². The van der Waals surface area contributed by atoms with E-state index >= 15 is 0 Å². The lowest BCUT2D eigenvalue weighted by Gasteiger charge is -2.39. The van der Waals surface area contributed by atoms with Crippen molar-refractivity contribution >= 4 is 11.6 Å². The third kappa shape index (κ3) is 3.07. The Morgan fingerprint density at radius 2 is 2.21 bits per heavy atom. The van der Waals surface area contributed by atoms with E-state index in [9.17, 15) is 9.90 Å². The lowest BCUT2D eigenvalue weighted by molar-refractivity contribution is -0.0604. The van der Waals surface area contributed by atoms with Gasteiger partial charge in [-0.05, 0) is 36.8 Å². The van der Waals surface area contributed by atoms with Crippen LogP contribution in [0.2, 0.25) is 0 Å². The number of rotatable bonds is 7. The minimum atomic E-state index is -1.85. The molecule has 0 fully saturated rings. The summed E-state index contributed by atoms with van der Waals surface area (Å²) in [5, 5.41) is 12.5. The Balaban J connectivity index is 2.07. The quantitative estimate of drug-likeness (QED) is 0.327. The fourth-order valence-corrected chi connectivity index (χ4v) is 5.14. The summed E-state index contributed by atoms with van der Waals surface area (Å²) in [6.07, 6.45) is 7.02. The fourth-order valence-electron chi connectivity index (χ4n) is 4.77. The summed E-state index contributed by atoms with van der Waals surface area (Å²) in [7, 11) is 1.53. The maximum atomic E-state index is 13.2. The van der Waals surface area contributed by atoms with Crippen molar-refractivity contribution in [1.82, 2.24) is 9.97 Å². The normalized spacial score (nSPS) is 25.3. The molecular weight excluding hydrogens is 442 g/mol. The van der Waals surface area contributed by atoms with Crippen LogP contribution in [0.15, 0.2) is 71.7 Å². The second-order valence-corrected chi connectivity index (χ2v) is 8.34. The highest BCUT2D eigenvalue weighted by atomic mass is 35.5. The van der Waals surface area contributed by atoms with E-state index in [1.807, 2.05) is 6.92 Å². The van der Waals surface area contributed by atoms with Crippen LogP contribution in [0.5, 0.6) is 11.5 Å². The van der Waals surface area contributed by atoms with E-state index < -0.39 is 17.1 Å². The summed E-state index contributed by atoms with van der Waals surface area (Å²) in [6, 6.07) is 5.13. The molecule has 0 saturated carbocycles. The molecule has 0 radical (unpaired) electrons. The molecule has 0 saturated heterocycles. The average Bonchev–Trinajstić information content (AvgIpc) is 3.20. The minimum Gasteiger partial charge on any atom is -0.497 e. The highest BCUT2D eigenvalue weighted by molar-refractivity contribution is 6.18. The molecule has 8 heteroatoms. The summed E-state index contributed by atoms with van der Waals surface area (Å²) >= 11 is 6.45. The van der Waals surface area contributed by atoms with Gasteiger partial charge in [-0.25, -0.2) is 4.98 Å². The molecule has 0 spiro atoms. The number of ether oxygens (including phenoxy) is 2. The van der Waals surface area contributed by atoms with Crippen LogP contribution in [0.4, 0.5) is 0 Å². The number of aliphatic hydroxyl groups is 1. The first-order chi connectivity index (χ1) is 15.8. The number of nitrogens with one attached hydrogen (secondary N) is 1. The average molecular weight is 468 g/mol. The van der Waals surface area contributed by atoms with Crippen LogP contribution < -0.4 is 20.8 Å². The van der Waals surface area contributed by atoms with Gasteiger partial charge in [-0.2, -0.15) is 0 Å². The van der Waals surface area contributed by atoms with Gasteiger partial charge in [-0.3, -0.25) is 4.79 Å². The molecular formula is C25H26ClN3O4. The van der Waals surface area contributed by atoms with E-state index in [2.05, 4.69) is 23.1 Å². The second kappa shape index (κ2) is 8.24. The summed E-state index contributed by atoms with van der Waals surface area (Å²) in [4.78, 5) is 20.6. The Morgan fingerprint density at radius 1 is 1.45 bits per heavy atom. The van der Waals surface area contributed by atoms with Gasteiger partial charge in [0.1, 0.15) is 17.3 Å². The van der Waals surface area contributed by atoms with Crippen molar-refractivity contribution < 1.29 is 14.6 Å². The molecule has 0 unspecified atom stereocenters. The van der Waals surface area contributed by atoms with Gasteiger partial charge in [0.05, 0.1) is 24.3 Å².